The van der Waals surface area contributed by atoms with E-state index in [2.05, 4.69) is 24.2 Å². The summed E-state index contributed by atoms with van der Waals surface area (Å²) in [5.41, 5.74) is 0. The Hall–Kier alpha value is -0.120. The third kappa shape index (κ3) is 2.41. The lowest BCUT2D eigenvalue weighted by Gasteiger charge is -2.39. The second kappa shape index (κ2) is 5.48. The molecule has 1 N–H and O–H groups in total. The fraction of sp³-hybridized carbons (Fsp3) is 1.00. The van der Waals surface area contributed by atoms with E-state index in [1.54, 1.807) is 0 Å². The number of methoxy groups -OCH3 is 1. The summed E-state index contributed by atoms with van der Waals surface area (Å²) in [4.78, 5) is 2.60. The van der Waals surface area contributed by atoms with Crippen molar-refractivity contribution in [2.75, 3.05) is 27.3 Å². The van der Waals surface area contributed by atoms with Crippen LogP contribution in [0, 0.1) is 5.92 Å². The predicted molar refractivity (Wildman–Crippen MR) is 66.6 cm³/mol. The molecule has 2 aliphatic heterocycles. The average Bonchev–Trinajstić information content (AvgIpc) is 2.53. The molecule has 0 spiro atoms. The fourth-order valence-electron chi connectivity index (χ4n) is 3.59. The van der Waals surface area contributed by atoms with Crippen molar-refractivity contribution in [2.24, 2.45) is 5.92 Å². The van der Waals surface area contributed by atoms with Crippen molar-refractivity contribution in [2.45, 2.75) is 50.7 Å². The van der Waals surface area contributed by atoms with Crippen LogP contribution in [0.15, 0.2) is 0 Å². The molecular formula is C13H26N2O. The number of nitrogens with one attached hydrogen (secondary N) is 1. The number of rotatable bonds is 5. The first-order valence-corrected chi connectivity index (χ1v) is 6.70. The molecule has 16 heavy (non-hydrogen) atoms. The van der Waals surface area contributed by atoms with E-state index in [4.69, 9.17) is 4.74 Å². The van der Waals surface area contributed by atoms with E-state index in [1.165, 1.54) is 25.7 Å². The Morgan fingerprint density at radius 3 is 2.44 bits per heavy atom. The van der Waals surface area contributed by atoms with Crippen LogP contribution in [0.3, 0.4) is 0 Å². The minimum Gasteiger partial charge on any atom is -0.383 e. The minimum atomic E-state index is 0.562. The van der Waals surface area contributed by atoms with Gasteiger partial charge in [0.05, 0.1) is 6.61 Å². The third-order valence-corrected chi connectivity index (χ3v) is 4.52. The van der Waals surface area contributed by atoms with Gasteiger partial charge in [-0.1, -0.05) is 6.92 Å². The van der Waals surface area contributed by atoms with Gasteiger partial charge < -0.3 is 15.0 Å². The molecule has 2 rings (SSSR count). The lowest BCUT2D eigenvalue weighted by atomic mass is 9.85. The molecule has 0 amide bonds. The SMILES string of the molecule is CCNC(COC)C1CC2CCC(C1)N2C. The Morgan fingerprint density at radius 1 is 1.31 bits per heavy atom. The molecule has 0 aromatic carbocycles. The van der Waals surface area contributed by atoms with Crippen molar-refractivity contribution in [1.29, 1.82) is 0 Å². The van der Waals surface area contributed by atoms with Crippen LogP contribution >= 0.6 is 0 Å². The van der Waals surface area contributed by atoms with Crippen LogP contribution in [0.25, 0.3) is 0 Å². The number of fused-ring (bicyclic) bond motifs is 2. The molecular weight excluding hydrogens is 200 g/mol. The summed E-state index contributed by atoms with van der Waals surface area (Å²) >= 11 is 0. The summed E-state index contributed by atoms with van der Waals surface area (Å²) in [7, 11) is 4.12. The Kier molecular flexibility index (Phi) is 4.22. The normalized spacial score (nSPS) is 36.6. The Labute approximate surface area is 99.5 Å². The highest BCUT2D eigenvalue weighted by Gasteiger charge is 2.40. The topological polar surface area (TPSA) is 24.5 Å². The van der Waals surface area contributed by atoms with Gasteiger partial charge in [0.15, 0.2) is 0 Å². The largest absolute Gasteiger partial charge is 0.383 e. The van der Waals surface area contributed by atoms with Crippen molar-refractivity contribution >= 4 is 0 Å². The van der Waals surface area contributed by atoms with Crippen molar-refractivity contribution in [3.8, 4) is 0 Å². The highest BCUT2D eigenvalue weighted by atomic mass is 16.5. The molecule has 3 unspecified atom stereocenters. The first kappa shape index (κ1) is 12.3. The number of nitrogens with zero attached hydrogens (tertiary/aromatic N) is 1. The van der Waals surface area contributed by atoms with Crippen molar-refractivity contribution in [3.05, 3.63) is 0 Å². The third-order valence-electron chi connectivity index (χ3n) is 4.52. The summed E-state index contributed by atoms with van der Waals surface area (Å²) in [6, 6.07) is 2.23. The van der Waals surface area contributed by atoms with E-state index in [-0.39, 0.29) is 0 Å². The molecule has 3 atom stereocenters. The van der Waals surface area contributed by atoms with Crippen LogP contribution in [0.4, 0.5) is 0 Å². The van der Waals surface area contributed by atoms with Crippen LogP contribution in [0.2, 0.25) is 0 Å². The summed E-state index contributed by atoms with van der Waals surface area (Å²) in [5, 5.41) is 3.59. The lowest BCUT2D eigenvalue weighted by molar-refractivity contribution is 0.0767. The van der Waals surface area contributed by atoms with Gasteiger partial charge in [0.2, 0.25) is 0 Å². The highest BCUT2D eigenvalue weighted by molar-refractivity contribution is 4.96. The molecule has 2 bridgehead atoms. The summed E-state index contributed by atoms with van der Waals surface area (Å²) < 4.78 is 5.35. The highest BCUT2D eigenvalue weighted by Crippen LogP contribution is 2.38. The van der Waals surface area contributed by atoms with Gasteiger partial charge in [-0.2, -0.15) is 0 Å². The molecule has 2 heterocycles. The Morgan fingerprint density at radius 2 is 1.94 bits per heavy atom. The van der Waals surface area contributed by atoms with Crippen LogP contribution in [-0.4, -0.2) is 50.3 Å². The van der Waals surface area contributed by atoms with E-state index >= 15 is 0 Å². The van der Waals surface area contributed by atoms with E-state index in [0.717, 1.165) is 31.2 Å². The van der Waals surface area contributed by atoms with Gasteiger partial charge in [-0.3, -0.25) is 0 Å². The van der Waals surface area contributed by atoms with Gasteiger partial charge >= 0.3 is 0 Å². The number of likely N-dealkylation sites (N-methyl/N-ethyl adjacent to an activating group) is 1. The Bertz CT molecular complexity index is 202. The second-order valence-electron chi connectivity index (χ2n) is 5.40. The Balaban J connectivity index is 1.94. The standard InChI is InChI=1S/C13H26N2O/c1-4-14-13(9-16-3)10-7-11-5-6-12(8-10)15(11)2/h10-14H,4-9H2,1-3H3. The lowest BCUT2D eigenvalue weighted by Crippen LogP contribution is -2.48. The zero-order valence-corrected chi connectivity index (χ0v) is 10.9. The number of hydrogen-bond donors (Lipinski definition) is 1. The monoisotopic (exact) mass is 226 g/mol. The molecule has 94 valence electrons. The molecule has 0 aromatic rings. The van der Waals surface area contributed by atoms with Gasteiger partial charge in [-0.25, -0.2) is 0 Å². The second-order valence-corrected chi connectivity index (χ2v) is 5.40. The maximum absolute atomic E-state index is 5.35. The summed E-state index contributed by atoms with van der Waals surface area (Å²) in [6.07, 6.45) is 5.52. The molecule has 2 aliphatic rings. The molecule has 2 saturated heterocycles. The first-order valence-electron chi connectivity index (χ1n) is 6.70. The zero-order valence-electron chi connectivity index (χ0n) is 10.9. The number of piperidine rings is 1. The van der Waals surface area contributed by atoms with Crippen molar-refractivity contribution in [3.63, 3.8) is 0 Å². The molecule has 0 aromatic heterocycles. The van der Waals surface area contributed by atoms with Crippen molar-refractivity contribution < 1.29 is 4.74 Å². The number of hydrogen-bond acceptors (Lipinski definition) is 3. The van der Waals surface area contributed by atoms with Crippen LogP contribution < -0.4 is 5.32 Å². The fourth-order valence-corrected chi connectivity index (χ4v) is 3.59. The predicted octanol–water partition coefficient (Wildman–Crippen LogP) is 1.48. The summed E-state index contributed by atoms with van der Waals surface area (Å²) in [5.74, 6) is 0.814. The molecule has 3 nitrogen and oxygen atoms in total. The minimum absolute atomic E-state index is 0.562. The smallest absolute Gasteiger partial charge is 0.0618 e. The molecule has 0 radical (unpaired) electrons. The van der Waals surface area contributed by atoms with E-state index < -0.39 is 0 Å². The molecule has 3 heteroatoms. The van der Waals surface area contributed by atoms with E-state index in [9.17, 15) is 0 Å². The van der Waals surface area contributed by atoms with Gasteiger partial charge in [-0.15, -0.1) is 0 Å². The molecule has 0 aliphatic carbocycles. The van der Waals surface area contributed by atoms with E-state index in [1.807, 2.05) is 7.11 Å². The summed E-state index contributed by atoms with van der Waals surface area (Å²) in [6.45, 7) is 4.10. The first-order chi connectivity index (χ1) is 7.76. The van der Waals surface area contributed by atoms with Crippen LogP contribution in [0.1, 0.15) is 32.6 Å². The molecule has 2 fully saturated rings. The quantitative estimate of drug-likeness (QED) is 0.768. The van der Waals surface area contributed by atoms with Gasteiger partial charge in [0.25, 0.3) is 0 Å². The van der Waals surface area contributed by atoms with Crippen molar-refractivity contribution in [1.82, 2.24) is 10.2 Å². The average molecular weight is 226 g/mol. The maximum atomic E-state index is 5.35. The van der Waals surface area contributed by atoms with Crippen LogP contribution in [-0.2, 0) is 4.74 Å². The number of ether oxygens (including phenoxy) is 1. The van der Waals surface area contributed by atoms with Crippen LogP contribution in [0.5, 0.6) is 0 Å². The van der Waals surface area contributed by atoms with Gasteiger partial charge in [0, 0.05) is 25.2 Å². The van der Waals surface area contributed by atoms with Gasteiger partial charge in [0.1, 0.15) is 0 Å². The van der Waals surface area contributed by atoms with Gasteiger partial charge in [-0.05, 0) is 45.2 Å². The van der Waals surface area contributed by atoms with E-state index in [0.29, 0.717) is 6.04 Å². The zero-order chi connectivity index (χ0) is 11.5. The molecule has 0 saturated carbocycles. The maximum Gasteiger partial charge on any atom is 0.0618 e.